The summed E-state index contributed by atoms with van der Waals surface area (Å²) in [6.45, 7) is 3.52. The molecule has 4 heteroatoms. The van der Waals surface area contributed by atoms with Crippen molar-refractivity contribution in [1.29, 1.82) is 0 Å². The molecule has 0 bridgehead atoms. The molecule has 22 heavy (non-hydrogen) atoms. The summed E-state index contributed by atoms with van der Waals surface area (Å²) < 4.78 is 6.85. The highest BCUT2D eigenvalue weighted by Crippen LogP contribution is 2.24. The van der Waals surface area contributed by atoms with E-state index >= 15 is 0 Å². The first-order chi connectivity index (χ1) is 10.7. The Bertz CT molecular complexity index is 626. The number of quaternary nitrogens is 1. The summed E-state index contributed by atoms with van der Waals surface area (Å²) >= 11 is 3.48. The number of piperidine rings is 1. The zero-order chi connectivity index (χ0) is 15.4. The number of fused-ring (bicyclic) bond motifs is 1. The Morgan fingerprint density at radius 2 is 1.77 bits per heavy atom. The standard InChI is InChI=1S/C18H22BrNO2/c19-16-6-4-15-11-18(7-5-14(15)10-16)22-13-17(21)12-20-8-2-1-3-9-20/h4-7,10-11,17,21H,1-3,8-9,12-13H2/p+1/t17-/m0/s1. The topological polar surface area (TPSA) is 33.9 Å². The van der Waals surface area contributed by atoms with E-state index in [1.54, 1.807) is 0 Å². The van der Waals surface area contributed by atoms with E-state index in [2.05, 4.69) is 34.1 Å². The third-order valence-corrected chi connectivity index (χ3v) is 4.79. The van der Waals surface area contributed by atoms with Gasteiger partial charge in [0.25, 0.3) is 0 Å². The van der Waals surface area contributed by atoms with Gasteiger partial charge in [0.15, 0.2) is 0 Å². The summed E-state index contributed by atoms with van der Waals surface area (Å²) in [6.07, 6.45) is 3.50. The fourth-order valence-corrected chi connectivity index (χ4v) is 3.50. The number of nitrogens with one attached hydrogen (secondary N) is 1. The highest BCUT2D eigenvalue weighted by Gasteiger charge is 2.18. The zero-order valence-corrected chi connectivity index (χ0v) is 14.3. The average molecular weight is 365 g/mol. The van der Waals surface area contributed by atoms with Crippen LogP contribution in [0.15, 0.2) is 40.9 Å². The largest absolute Gasteiger partial charge is 0.491 e. The van der Waals surface area contributed by atoms with E-state index in [-0.39, 0.29) is 0 Å². The van der Waals surface area contributed by atoms with Crippen LogP contribution >= 0.6 is 15.9 Å². The number of benzene rings is 2. The summed E-state index contributed by atoms with van der Waals surface area (Å²) in [5.74, 6) is 0.822. The summed E-state index contributed by atoms with van der Waals surface area (Å²) in [5, 5.41) is 12.5. The van der Waals surface area contributed by atoms with Crippen LogP contribution in [0.25, 0.3) is 10.8 Å². The van der Waals surface area contributed by atoms with Crippen LogP contribution < -0.4 is 9.64 Å². The molecule has 0 unspecified atom stereocenters. The minimum absolute atomic E-state index is 0.367. The molecule has 2 aromatic rings. The van der Waals surface area contributed by atoms with Crippen LogP contribution in [-0.4, -0.2) is 37.5 Å². The van der Waals surface area contributed by atoms with Crippen molar-refractivity contribution in [2.45, 2.75) is 25.4 Å². The Morgan fingerprint density at radius 3 is 2.59 bits per heavy atom. The number of aliphatic hydroxyl groups excluding tert-OH is 1. The molecular formula is C18H23BrNO2+. The average Bonchev–Trinajstić information content (AvgIpc) is 2.54. The van der Waals surface area contributed by atoms with Crippen LogP contribution in [0.2, 0.25) is 0 Å². The number of halogens is 1. The molecule has 0 radical (unpaired) electrons. The molecule has 1 aliphatic rings. The van der Waals surface area contributed by atoms with Crippen LogP contribution in [0.3, 0.4) is 0 Å². The van der Waals surface area contributed by atoms with Crippen molar-refractivity contribution in [1.82, 2.24) is 0 Å². The van der Waals surface area contributed by atoms with E-state index in [1.165, 1.54) is 42.6 Å². The van der Waals surface area contributed by atoms with Crippen molar-refractivity contribution < 1.29 is 14.7 Å². The molecule has 1 aliphatic heterocycles. The lowest BCUT2D eigenvalue weighted by Gasteiger charge is -2.25. The van der Waals surface area contributed by atoms with Gasteiger partial charge in [-0.15, -0.1) is 0 Å². The van der Waals surface area contributed by atoms with Gasteiger partial charge in [-0.3, -0.25) is 0 Å². The Morgan fingerprint density at radius 1 is 1.05 bits per heavy atom. The second-order valence-electron chi connectivity index (χ2n) is 6.13. The van der Waals surface area contributed by atoms with Crippen LogP contribution in [0.5, 0.6) is 5.75 Å². The van der Waals surface area contributed by atoms with Gasteiger partial charge in [0.05, 0.1) is 13.1 Å². The fraction of sp³-hybridized carbons (Fsp3) is 0.444. The molecule has 3 rings (SSSR count). The Balaban J connectivity index is 1.55. The van der Waals surface area contributed by atoms with Gasteiger partial charge in [-0.1, -0.05) is 28.1 Å². The van der Waals surface area contributed by atoms with Crippen molar-refractivity contribution in [3.63, 3.8) is 0 Å². The van der Waals surface area contributed by atoms with E-state index in [0.29, 0.717) is 6.61 Å². The van der Waals surface area contributed by atoms with Gasteiger partial charge in [0.2, 0.25) is 0 Å². The smallest absolute Gasteiger partial charge is 0.137 e. The molecule has 0 aliphatic carbocycles. The zero-order valence-electron chi connectivity index (χ0n) is 12.7. The molecule has 3 nitrogen and oxygen atoms in total. The first kappa shape index (κ1) is 15.8. The number of rotatable bonds is 5. The van der Waals surface area contributed by atoms with Crippen molar-refractivity contribution >= 4 is 26.7 Å². The molecule has 2 N–H and O–H groups in total. The predicted molar refractivity (Wildman–Crippen MR) is 92.6 cm³/mol. The Hall–Kier alpha value is -1.10. The van der Waals surface area contributed by atoms with Crippen LogP contribution in [0.4, 0.5) is 0 Å². The maximum absolute atomic E-state index is 10.2. The lowest BCUT2D eigenvalue weighted by Crippen LogP contribution is -3.14. The molecule has 1 heterocycles. The van der Waals surface area contributed by atoms with Crippen LogP contribution in [0, 0.1) is 0 Å². The van der Waals surface area contributed by atoms with Gasteiger partial charge in [0.1, 0.15) is 25.0 Å². The van der Waals surface area contributed by atoms with Gasteiger partial charge in [0, 0.05) is 4.47 Å². The minimum atomic E-state index is -0.395. The minimum Gasteiger partial charge on any atom is -0.491 e. The quantitative estimate of drug-likeness (QED) is 0.854. The Kier molecular flexibility index (Phi) is 5.34. The molecule has 2 aromatic carbocycles. The SMILES string of the molecule is O[C@H](COc1ccc2cc(Br)ccc2c1)C[NH+]1CCCCC1. The number of hydrogen-bond acceptors (Lipinski definition) is 2. The van der Waals surface area contributed by atoms with Gasteiger partial charge < -0.3 is 14.7 Å². The van der Waals surface area contributed by atoms with Crippen molar-refractivity contribution in [2.75, 3.05) is 26.2 Å². The van der Waals surface area contributed by atoms with E-state index in [4.69, 9.17) is 4.74 Å². The molecule has 0 saturated carbocycles. The van der Waals surface area contributed by atoms with Crippen molar-refractivity contribution in [3.05, 3.63) is 40.9 Å². The van der Waals surface area contributed by atoms with E-state index in [9.17, 15) is 5.11 Å². The monoisotopic (exact) mass is 364 g/mol. The number of likely N-dealkylation sites (tertiary alicyclic amines) is 1. The first-order valence-electron chi connectivity index (χ1n) is 8.04. The fourth-order valence-electron chi connectivity index (χ4n) is 3.12. The molecule has 0 aromatic heterocycles. The van der Waals surface area contributed by atoms with Gasteiger partial charge in [-0.05, 0) is 54.3 Å². The number of aliphatic hydroxyl groups is 1. The molecule has 1 fully saturated rings. The van der Waals surface area contributed by atoms with Crippen molar-refractivity contribution in [2.24, 2.45) is 0 Å². The Labute approximate surface area is 140 Å². The predicted octanol–water partition coefficient (Wildman–Crippen LogP) is 2.41. The molecular weight excluding hydrogens is 342 g/mol. The first-order valence-corrected chi connectivity index (χ1v) is 8.84. The maximum Gasteiger partial charge on any atom is 0.137 e. The number of hydrogen-bond donors (Lipinski definition) is 2. The van der Waals surface area contributed by atoms with Gasteiger partial charge in [-0.2, -0.15) is 0 Å². The summed E-state index contributed by atoms with van der Waals surface area (Å²) in [6, 6.07) is 12.2. The van der Waals surface area contributed by atoms with Crippen LogP contribution in [-0.2, 0) is 0 Å². The molecule has 0 spiro atoms. The maximum atomic E-state index is 10.2. The van der Waals surface area contributed by atoms with E-state index in [1.807, 2.05) is 18.2 Å². The number of ether oxygens (including phenoxy) is 1. The third kappa shape index (κ3) is 4.22. The van der Waals surface area contributed by atoms with E-state index in [0.717, 1.165) is 22.2 Å². The lowest BCUT2D eigenvalue weighted by molar-refractivity contribution is -0.908. The second kappa shape index (κ2) is 7.44. The highest BCUT2D eigenvalue weighted by molar-refractivity contribution is 9.10. The second-order valence-corrected chi connectivity index (χ2v) is 7.05. The highest BCUT2D eigenvalue weighted by atomic mass is 79.9. The molecule has 1 atom stereocenters. The summed E-state index contributed by atoms with van der Waals surface area (Å²) in [4.78, 5) is 1.51. The van der Waals surface area contributed by atoms with Crippen molar-refractivity contribution in [3.8, 4) is 5.75 Å². The third-order valence-electron chi connectivity index (χ3n) is 4.30. The molecule has 1 saturated heterocycles. The van der Waals surface area contributed by atoms with E-state index < -0.39 is 6.10 Å². The molecule has 118 valence electrons. The molecule has 0 amide bonds. The van der Waals surface area contributed by atoms with Crippen LogP contribution in [0.1, 0.15) is 19.3 Å². The summed E-state index contributed by atoms with van der Waals surface area (Å²) in [5.41, 5.74) is 0. The van der Waals surface area contributed by atoms with Gasteiger partial charge in [-0.25, -0.2) is 0 Å². The summed E-state index contributed by atoms with van der Waals surface area (Å²) in [7, 11) is 0. The van der Waals surface area contributed by atoms with Gasteiger partial charge >= 0.3 is 0 Å². The normalized spacial score (nSPS) is 17.5. The lowest BCUT2D eigenvalue weighted by atomic mass is 10.1.